The number of hydrogen-bond donors (Lipinski definition) is 1. The van der Waals surface area contributed by atoms with Crippen molar-refractivity contribution in [3.8, 4) is 0 Å². The predicted octanol–water partition coefficient (Wildman–Crippen LogP) is 2.26. The molecule has 0 saturated carbocycles. The van der Waals surface area contributed by atoms with Gasteiger partial charge in [0, 0.05) is 38.3 Å². The van der Waals surface area contributed by atoms with Crippen LogP contribution in [-0.4, -0.2) is 49.8 Å². The molecule has 3 heteroatoms. The summed E-state index contributed by atoms with van der Waals surface area (Å²) in [5.41, 5.74) is 0. The minimum Gasteiger partial charge on any atom is -0.383 e. The number of ether oxygens (including phenoxy) is 1. The van der Waals surface area contributed by atoms with Crippen LogP contribution in [0.2, 0.25) is 0 Å². The van der Waals surface area contributed by atoms with Gasteiger partial charge >= 0.3 is 0 Å². The number of piperazine rings is 1. The van der Waals surface area contributed by atoms with Gasteiger partial charge in [0.15, 0.2) is 0 Å². The molecule has 1 aliphatic rings. The molecule has 3 atom stereocenters. The van der Waals surface area contributed by atoms with Crippen LogP contribution >= 0.6 is 0 Å². The summed E-state index contributed by atoms with van der Waals surface area (Å²) in [4.78, 5) is 2.68. The molecule has 3 nitrogen and oxygen atoms in total. The second-order valence-corrected chi connectivity index (χ2v) is 5.17. The summed E-state index contributed by atoms with van der Waals surface area (Å²) in [6.07, 6.45) is 4.97. The molecule has 1 rings (SSSR count). The van der Waals surface area contributed by atoms with Gasteiger partial charge in [-0.15, -0.1) is 0 Å². The van der Waals surface area contributed by atoms with Crippen LogP contribution in [0.5, 0.6) is 0 Å². The van der Waals surface area contributed by atoms with Crippen molar-refractivity contribution in [2.24, 2.45) is 0 Å². The first-order chi connectivity index (χ1) is 8.26. The number of rotatable bonds is 7. The number of methoxy groups -OCH3 is 1. The van der Waals surface area contributed by atoms with Crippen molar-refractivity contribution in [1.82, 2.24) is 10.2 Å². The smallest absolute Gasteiger partial charge is 0.0618 e. The number of nitrogens with zero attached hydrogens (tertiary/aromatic N) is 1. The predicted molar refractivity (Wildman–Crippen MR) is 73.4 cm³/mol. The standard InChI is InChI=1S/C14H30N2O/c1-5-8-12-10-16(13(6-2)9-15-12)14(7-3)11-17-4/h12-15H,5-11H2,1-4H3. The summed E-state index contributed by atoms with van der Waals surface area (Å²) in [5, 5.41) is 3.69. The van der Waals surface area contributed by atoms with Crippen LogP contribution in [0.4, 0.5) is 0 Å². The fourth-order valence-electron chi connectivity index (χ4n) is 2.90. The van der Waals surface area contributed by atoms with Gasteiger partial charge in [0.2, 0.25) is 0 Å². The summed E-state index contributed by atoms with van der Waals surface area (Å²) in [6, 6.07) is 1.95. The van der Waals surface area contributed by atoms with Crippen molar-refractivity contribution in [3.05, 3.63) is 0 Å². The summed E-state index contributed by atoms with van der Waals surface area (Å²) in [5.74, 6) is 0. The Bertz CT molecular complexity index is 199. The van der Waals surface area contributed by atoms with Gasteiger partial charge in [0.25, 0.3) is 0 Å². The lowest BCUT2D eigenvalue weighted by atomic mass is 10.0. The van der Waals surface area contributed by atoms with E-state index in [1.54, 1.807) is 0 Å². The first-order valence-electron chi connectivity index (χ1n) is 7.24. The Labute approximate surface area is 107 Å². The molecule has 17 heavy (non-hydrogen) atoms. The van der Waals surface area contributed by atoms with Crippen LogP contribution in [0.15, 0.2) is 0 Å². The topological polar surface area (TPSA) is 24.5 Å². The van der Waals surface area contributed by atoms with Crippen molar-refractivity contribution in [2.45, 2.75) is 64.6 Å². The summed E-state index contributed by atoms with van der Waals surface area (Å²) in [6.45, 7) is 10.0. The van der Waals surface area contributed by atoms with Gasteiger partial charge in [0.05, 0.1) is 6.61 Å². The molecule has 0 aromatic heterocycles. The first kappa shape index (κ1) is 14.9. The fourth-order valence-corrected chi connectivity index (χ4v) is 2.90. The Morgan fingerprint density at radius 3 is 2.65 bits per heavy atom. The molecule has 0 amide bonds. The Hall–Kier alpha value is -0.120. The van der Waals surface area contributed by atoms with Crippen LogP contribution in [-0.2, 0) is 4.74 Å². The van der Waals surface area contributed by atoms with E-state index >= 15 is 0 Å². The van der Waals surface area contributed by atoms with E-state index in [2.05, 4.69) is 31.0 Å². The Morgan fingerprint density at radius 2 is 2.12 bits per heavy atom. The van der Waals surface area contributed by atoms with Gasteiger partial charge in [-0.25, -0.2) is 0 Å². The molecule has 1 N–H and O–H groups in total. The average molecular weight is 242 g/mol. The molecule has 0 aromatic carbocycles. The Morgan fingerprint density at radius 1 is 1.35 bits per heavy atom. The third-order valence-electron chi connectivity index (χ3n) is 3.95. The first-order valence-corrected chi connectivity index (χ1v) is 7.24. The van der Waals surface area contributed by atoms with E-state index in [-0.39, 0.29) is 0 Å². The highest BCUT2D eigenvalue weighted by molar-refractivity contribution is 4.88. The molecule has 1 saturated heterocycles. The fraction of sp³-hybridized carbons (Fsp3) is 1.00. The molecule has 1 aliphatic heterocycles. The van der Waals surface area contributed by atoms with Crippen LogP contribution in [0.3, 0.4) is 0 Å². The van der Waals surface area contributed by atoms with Gasteiger partial charge < -0.3 is 10.1 Å². The van der Waals surface area contributed by atoms with E-state index in [1.165, 1.54) is 32.2 Å². The van der Waals surface area contributed by atoms with E-state index in [0.29, 0.717) is 18.1 Å². The van der Waals surface area contributed by atoms with Crippen molar-refractivity contribution >= 4 is 0 Å². The molecule has 1 heterocycles. The van der Waals surface area contributed by atoms with E-state index in [9.17, 15) is 0 Å². The molecule has 0 aliphatic carbocycles. The monoisotopic (exact) mass is 242 g/mol. The zero-order valence-corrected chi connectivity index (χ0v) is 12.0. The lowest BCUT2D eigenvalue weighted by molar-refractivity contribution is 0.0287. The molecule has 3 unspecified atom stereocenters. The van der Waals surface area contributed by atoms with Crippen LogP contribution < -0.4 is 5.32 Å². The molecule has 0 spiro atoms. The quantitative estimate of drug-likeness (QED) is 0.741. The summed E-state index contributed by atoms with van der Waals surface area (Å²) >= 11 is 0. The molecule has 0 radical (unpaired) electrons. The second kappa shape index (κ2) is 8.06. The molecule has 1 fully saturated rings. The van der Waals surface area contributed by atoms with Crippen molar-refractivity contribution in [3.63, 3.8) is 0 Å². The summed E-state index contributed by atoms with van der Waals surface area (Å²) in [7, 11) is 1.81. The third kappa shape index (κ3) is 4.23. The van der Waals surface area contributed by atoms with E-state index in [0.717, 1.165) is 13.2 Å². The Balaban J connectivity index is 2.60. The Kier molecular flexibility index (Phi) is 7.09. The van der Waals surface area contributed by atoms with Crippen LogP contribution in [0, 0.1) is 0 Å². The molecular weight excluding hydrogens is 212 g/mol. The lowest BCUT2D eigenvalue weighted by Crippen LogP contribution is -2.59. The maximum atomic E-state index is 5.37. The normalized spacial score (nSPS) is 28.2. The zero-order valence-electron chi connectivity index (χ0n) is 12.0. The SMILES string of the molecule is CCCC1CN(C(CC)COC)C(CC)CN1. The minimum absolute atomic E-state index is 0.589. The maximum Gasteiger partial charge on any atom is 0.0618 e. The van der Waals surface area contributed by atoms with Crippen molar-refractivity contribution < 1.29 is 4.74 Å². The second-order valence-electron chi connectivity index (χ2n) is 5.17. The van der Waals surface area contributed by atoms with E-state index in [1.807, 2.05) is 7.11 Å². The number of nitrogens with one attached hydrogen (secondary N) is 1. The number of hydrogen-bond acceptors (Lipinski definition) is 3. The van der Waals surface area contributed by atoms with Crippen molar-refractivity contribution in [2.75, 3.05) is 26.8 Å². The lowest BCUT2D eigenvalue weighted by Gasteiger charge is -2.44. The highest BCUT2D eigenvalue weighted by atomic mass is 16.5. The molecular formula is C14H30N2O. The zero-order chi connectivity index (χ0) is 12.7. The highest BCUT2D eigenvalue weighted by Crippen LogP contribution is 2.18. The van der Waals surface area contributed by atoms with Gasteiger partial charge in [-0.1, -0.05) is 27.2 Å². The van der Waals surface area contributed by atoms with E-state index < -0.39 is 0 Å². The summed E-state index contributed by atoms with van der Waals surface area (Å²) < 4.78 is 5.37. The van der Waals surface area contributed by atoms with Crippen LogP contribution in [0.25, 0.3) is 0 Å². The molecule has 0 bridgehead atoms. The minimum atomic E-state index is 0.589. The van der Waals surface area contributed by atoms with Gasteiger partial charge in [-0.3, -0.25) is 4.90 Å². The largest absolute Gasteiger partial charge is 0.383 e. The highest BCUT2D eigenvalue weighted by Gasteiger charge is 2.30. The van der Waals surface area contributed by atoms with Gasteiger partial charge in [0.1, 0.15) is 0 Å². The van der Waals surface area contributed by atoms with Crippen LogP contribution in [0.1, 0.15) is 46.5 Å². The molecule has 0 aromatic rings. The average Bonchev–Trinajstić information content (AvgIpc) is 2.36. The maximum absolute atomic E-state index is 5.37. The molecule has 102 valence electrons. The van der Waals surface area contributed by atoms with Gasteiger partial charge in [-0.2, -0.15) is 0 Å². The van der Waals surface area contributed by atoms with E-state index in [4.69, 9.17) is 4.74 Å². The van der Waals surface area contributed by atoms with Crippen molar-refractivity contribution in [1.29, 1.82) is 0 Å². The third-order valence-corrected chi connectivity index (χ3v) is 3.95. The van der Waals surface area contributed by atoms with Gasteiger partial charge in [-0.05, 0) is 19.3 Å².